The minimum Gasteiger partial charge on any atom is -0.323 e. The van der Waals surface area contributed by atoms with Crippen molar-refractivity contribution in [3.8, 4) is 0 Å². The number of hydrogen-bond donors (Lipinski definition) is 1. The van der Waals surface area contributed by atoms with Crippen LogP contribution in [0.5, 0.6) is 0 Å². The van der Waals surface area contributed by atoms with Crippen molar-refractivity contribution in [3.63, 3.8) is 0 Å². The van der Waals surface area contributed by atoms with E-state index >= 15 is 0 Å². The van der Waals surface area contributed by atoms with E-state index in [4.69, 9.17) is 4.55 Å². The molecule has 0 unspecified atom stereocenters. The Bertz CT molecular complexity index is 1330. The number of nitrogens with zero attached hydrogens (tertiary/aromatic N) is 5. The lowest BCUT2D eigenvalue weighted by molar-refractivity contribution is -0.128. The highest BCUT2D eigenvalue weighted by Gasteiger charge is 2.65. The molecule has 2 aliphatic carbocycles. The molecule has 2 saturated carbocycles. The van der Waals surface area contributed by atoms with Crippen LogP contribution < -0.4 is 11.2 Å². The Hall–Kier alpha value is -2.31. The number of likely N-dealkylation sites (N-methyl/N-ethyl adjacent to an activating group) is 1. The summed E-state index contributed by atoms with van der Waals surface area (Å²) in [4.78, 5) is 42.4. The molecule has 4 rings (SSSR count). The van der Waals surface area contributed by atoms with E-state index in [1.807, 2.05) is 18.4 Å². The maximum Gasteiger partial charge on any atom is 0.332 e. The molecule has 2 aliphatic rings. The molecule has 0 aliphatic heterocycles. The molecule has 2 heterocycles. The summed E-state index contributed by atoms with van der Waals surface area (Å²) < 4.78 is 35.3. The Morgan fingerprint density at radius 1 is 1.14 bits per heavy atom. The van der Waals surface area contributed by atoms with E-state index in [1.165, 1.54) is 11.6 Å². The molecule has 11 nitrogen and oxygen atoms in total. The van der Waals surface area contributed by atoms with Gasteiger partial charge in [-0.25, -0.2) is 9.78 Å². The second-order valence-corrected chi connectivity index (χ2v) is 11.7. The summed E-state index contributed by atoms with van der Waals surface area (Å²) in [6.45, 7) is 11.6. The van der Waals surface area contributed by atoms with Crippen LogP contribution in [0.25, 0.3) is 11.2 Å². The lowest BCUT2D eigenvalue weighted by Gasteiger charge is -2.35. The number of carbonyl (C=O) groups excluding carboxylic acids is 1. The molecular weight excluding hydrogens is 474 g/mol. The topological polar surface area (TPSA) is 136 Å². The van der Waals surface area contributed by atoms with Crippen molar-refractivity contribution < 1.29 is 17.8 Å². The van der Waals surface area contributed by atoms with E-state index in [9.17, 15) is 22.8 Å². The second-order valence-electron chi connectivity index (χ2n) is 10.2. The van der Waals surface area contributed by atoms with Crippen LogP contribution in [0.3, 0.4) is 0 Å². The van der Waals surface area contributed by atoms with Crippen molar-refractivity contribution in [2.24, 2.45) is 30.8 Å². The molecule has 12 heteroatoms. The molecule has 0 aromatic carbocycles. The number of fused-ring (bicyclic) bond motifs is 3. The first-order chi connectivity index (χ1) is 16.2. The fourth-order valence-electron chi connectivity index (χ4n) is 5.78. The van der Waals surface area contributed by atoms with Crippen LogP contribution in [0.15, 0.2) is 15.9 Å². The Balaban J connectivity index is 0.000000203. The Morgan fingerprint density at radius 3 is 2.26 bits per heavy atom. The highest BCUT2D eigenvalue weighted by molar-refractivity contribution is 7.85. The smallest absolute Gasteiger partial charge is 0.323 e. The van der Waals surface area contributed by atoms with Gasteiger partial charge >= 0.3 is 5.69 Å². The average molecular weight is 512 g/mol. The van der Waals surface area contributed by atoms with E-state index < -0.39 is 21.3 Å². The fraction of sp³-hybridized carbons (Fsp3) is 0.739. The summed E-state index contributed by atoms with van der Waals surface area (Å²) in [5, 5.41) is 0. The number of imidazole rings is 1. The number of aromatic nitrogens is 4. The Morgan fingerprint density at radius 2 is 1.77 bits per heavy atom. The number of hydrogen-bond acceptors (Lipinski definition) is 7. The normalized spacial score (nSPS) is 23.2. The Kier molecular flexibility index (Phi) is 7.50. The first-order valence-corrected chi connectivity index (χ1v) is 13.6. The molecule has 0 radical (unpaired) electrons. The summed E-state index contributed by atoms with van der Waals surface area (Å²) in [6, 6.07) is 0. The van der Waals surface area contributed by atoms with Gasteiger partial charge in [0.15, 0.2) is 11.2 Å². The molecule has 0 saturated heterocycles. The van der Waals surface area contributed by atoms with Gasteiger partial charge in [0.1, 0.15) is 5.78 Å². The summed E-state index contributed by atoms with van der Waals surface area (Å²) >= 11 is 0. The van der Waals surface area contributed by atoms with Crippen LogP contribution in [0, 0.1) is 16.7 Å². The number of rotatable bonds is 7. The number of carbonyl (C=O) groups is 1. The third-order valence-corrected chi connectivity index (χ3v) is 9.19. The lowest BCUT2D eigenvalue weighted by Crippen LogP contribution is -2.42. The van der Waals surface area contributed by atoms with Crippen LogP contribution in [-0.2, 0) is 35.6 Å². The first kappa shape index (κ1) is 27.3. The summed E-state index contributed by atoms with van der Waals surface area (Å²) in [5.74, 6) is -0.101. The molecule has 1 N–H and O–H groups in total. The second kappa shape index (κ2) is 9.62. The molecule has 2 atom stereocenters. The van der Waals surface area contributed by atoms with Crippen molar-refractivity contribution in [3.05, 3.63) is 27.2 Å². The zero-order valence-electron chi connectivity index (χ0n) is 21.4. The van der Waals surface area contributed by atoms with E-state index in [0.29, 0.717) is 30.6 Å². The minimum atomic E-state index is -4.08. The highest BCUT2D eigenvalue weighted by atomic mass is 32.2. The monoisotopic (exact) mass is 511 g/mol. The maximum atomic E-state index is 12.2. The predicted molar refractivity (Wildman–Crippen MR) is 133 cm³/mol. The highest BCUT2D eigenvalue weighted by Crippen LogP contribution is 2.64. The van der Waals surface area contributed by atoms with Crippen molar-refractivity contribution in [1.82, 2.24) is 23.6 Å². The van der Waals surface area contributed by atoms with Gasteiger partial charge < -0.3 is 9.47 Å². The van der Waals surface area contributed by atoms with Crippen LogP contribution in [0.2, 0.25) is 0 Å². The Labute approximate surface area is 205 Å². The van der Waals surface area contributed by atoms with Gasteiger partial charge in [-0.2, -0.15) is 8.42 Å². The fourth-order valence-corrected chi connectivity index (χ4v) is 7.08. The summed E-state index contributed by atoms with van der Waals surface area (Å²) in [7, 11) is -0.954. The molecule has 2 aromatic rings. The van der Waals surface area contributed by atoms with Gasteiger partial charge in [0.25, 0.3) is 15.7 Å². The number of aryl methyl sites for hydroxylation is 1. The van der Waals surface area contributed by atoms with Crippen LogP contribution in [0.1, 0.15) is 47.0 Å². The third-order valence-electron chi connectivity index (χ3n) is 8.34. The van der Waals surface area contributed by atoms with Crippen molar-refractivity contribution in [2.75, 3.05) is 25.4 Å². The molecule has 2 aromatic heterocycles. The SMILES string of the molecule is CC1(C)[C@@H]2CC[C@@]1(CS(=O)(=O)O)C(=O)C2.CCN(CC)CCn1cnc2c1c(=O)n(C)c(=O)n2C. The van der Waals surface area contributed by atoms with Crippen LogP contribution >= 0.6 is 0 Å². The summed E-state index contributed by atoms with van der Waals surface area (Å²) in [6.07, 6.45) is 3.61. The van der Waals surface area contributed by atoms with E-state index in [1.54, 1.807) is 13.4 Å². The van der Waals surface area contributed by atoms with Crippen molar-refractivity contribution in [1.29, 1.82) is 0 Å². The molecule has 2 bridgehead atoms. The van der Waals surface area contributed by atoms with Gasteiger partial charge in [-0.1, -0.05) is 27.7 Å². The van der Waals surface area contributed by atoms with Gasteiger partial charge in [0.2, 0.25) is 0 Å². The summed E-state index contributed by atoms with van der Waals surface area (Å²) in [5.41, 5.74) is -0.832. The van der Waals surface area contributed by atoms with Gasteiger partial charge in [-0.05, 0) is 37.3 Å². The van der Waals surface area contributed by atoms with Crippen LogP contribution in [0.4, 0.5) is 0 Å². The average Bonchev–Trinajstić information content (AvgIpc) is 3.36. The van der Waals surface area contributed by atoms with E-state index in [2.05, 4.69) is 23.7 Å². The molecular formula is C23H37N5O6S. The number of Topliss-reactive ketones (excluding diaryl/α,β-unsaturated/α-hetero) is 1. The third kappa shape index (κ3) is 4.75. The lowest BCUT2D eigenvalue weighted by atomic mass is 9.70. The molecule has 35 heavy (non-hydrogen) atoms. The van der Waals surface area contributed by atoms with Gasteiger partial charge in [-0.3, -0.25) is 23.3 Å². The predicted octanol–water partition coefficient (Wildman–Crippen LogP) is 1.05. The van der Waals surface area contributed by atoms with E-state index in [0.717, 1.165) is 30.6 Å². The molecule has 0 spiro atoms. The zero-order valence-corrected chi connectivity index (χ0v) is 22.3. The van der Waals surface area contributed by atoms with Crippen molar-refractivity contribution in [2.45, 2.75) is 53.5 Å². The molecule has 0 amide bonds. The largest absolute Gasteiger partial charge is 0.332 e. The molecule has 196 valence electrons. The maximum absolute atomic E-state index is 12.2. The standard InChI is InChI=1S/C13H21N5O2.C10H16O4S/c1-5-17(6-2)7-8-18-9-14-11-10(18)12(19)16(4)13(20)15(11)3;1-9(2)7-3-4-10(9,8(11)5-7)6-15(12,13)14/h9H,5-8H2,1-4H3;7H,3-6H2,1-2H3,(H,12,13,14)/t;7-,10-/m.1/s1. The van der Waals surface area contributed by atoms with Gasteiger partial charge in [0, 0.05) is 33.6 Å². The van der Waals surface area contributed by atoms with Crippen molar-refractivity contribution >= 4 is 27.1 Å². The van der Waals surface area contributed by atoms with Gasteiger partial charge in [-0.15, -0.1) is 0 Å². The zero-order chi connectivity index (χ0) is 26.3. The minimum absolute atomic E-state index is 0.0152. The number of ketones is 1. The molecule has 2 fully saturated rings. The first-order valence-electron chi connectivity index (χ1n) is 12.0. The quantitative estimate of drug-likeness (QED) is 0.545. The van der Waals surface area contributed by atoms with Crippen LogP contribution in [-0.4, -0.2) is 67.7 Å². The van der Waals surface area contributed by atoms with Gasteiger partial charge in [0.05, 0.1) is 17.5 Å². The van der Waals surface area contributed by atoms with E-state index in [-0.39, 0.29) is 28.4 Å².